The van der Waals surface area contributed by atoms with Gasteiger partial charge < -0.3 is 31.9 Å². The van der Waals surface area contributed by atoms with Gasteiger partial charge in [0.15, 0.2) is 0 Å². The normalized spacial score (nSPS) is 20.3. The molecule has 1 aliphatic rings. The maximum atomic E-state index is 12.4. The van der Waals surface area contributed by atoms with Crippen molar-refractivity contribution in [1.82, 2.24) is 10.2 Å². The Morgan fingerprint density at radius 1 is 1.32 bits per heavy atom. The maximum absolute atomic E-state index is 12.4. The number of primary amides is 1. The molecule has 0 aromatic carbocycles. The van der Waals surface area contributed by atoms with Crippen molar-refractivity contribution in [2.45, 2.75) is 37.4 Å². The van der Waals surface area contributed by atoms with Gasteiger partial charge in [-0.25, -0.2) is 4.79 Å². The average molecular weight is 316 g/mol. The zero-order valence-corrected chi connectivity index (χ0v) is 11.9. The first-order valence-electron chi connectivity index (χ1n) is 6.76. The topological polar surface area (TPSA) is 176 Å². The van der Waals surface area contributed by atoms with Crippen LogP contribution in [0.15, 0.2) is 0 Å². The largest absolute Gasteiger partial charge is 0.480 e. The minimum atomic E-state index is -1.30. The summed E-state index contributed by atoms with van der Waals surface area (Å²) < 4.78 is 0. The van der Waals surface area contributed by atoms with Crippen LogP contribution < -0.4 is 16.8 Å². The molecule has 3 atom stereocenters. The van der Waals surface area contributed by atoms with Crippen LogP contribution in [0.3, 0.4) is 0 Å². The van der Waals surface area contributed by atoms with E-state index in [1.165, 1.54) is 0 Å². The highest BCUT2D eigenvalue weighted by molar-refractivity contribution is 5.94. The third-order valence-electron chi connectivity index (χ3n) is 3.37. The Morgan fingerprint density at radius 3 is 2.45 bits per heavy atom. The monoisotopic (exact) mass is 316 g/mol. The van der Waals surface area contributed by atoms with Gasteiger partial charge in [0.2, 0.25) is 17.7 Å². The molecule has 1 heterocycles. The van der Waals surface area contributed by atoms with E-state index in [9.17, 15) is 19.2 Å². The second kappa shape index (κ2) is 7.71. The number of nitrogens with zero attached hydrogens (tertiary/aromatic N) is 1. The SMILES string of the molecule is NC(=O)CC(NC(=O)C(N)CO)C(=O)N1CCCC1C(=O)O. The molecule has 0 aliphatic carbocycles. The lowest BCUT2D eigenvalue weighted by molar-refractivity contribution is -0.149. The van der Waals surface area contributed by atoms with Crippen LogP contribution in [-0.4, -0.2) is 70.1 Å². The number of nitrogens with two attached hydrogens (primary N) is 2. The van der Waals surface area contributed by atoms with Crippen LogP contribution in [0.5, 0.6) is 0 Å². The molecule has 1 rings (SSSR count). The Labute approximate surface area is 126 Å². The average Bonchev–Trinajstić information content (AvgIpc) is 2.93. The van der Waals surface area contributed by atoms with E-state index in [1.807, 2.05) is 0 Å². The van der Waals surface area contributed by atoms with Crippen molar-refractivity contribution < 1.29 is 29.4 Å². The first-order valence-corrected chi connectivity index (χ1v) is 6.76. The van der Waals surface area contributed by atoms with E-state index in [2.05, 4.69) is 5.32 Å². The van der Waals surface area contributed by atoms with Crippen LogP contribution in [0.4, 0.5) is 0 Å². The molecule has 0 aromatic rings. The first kappa shape index (κ1) is 17.9. The van der Waals surface area contributed by atoms with E-state index in [-0.39, 0.29) is 6.54 Å². The molecule has 3 unspecified atom stereocenters. The molecule has 1 aliphatic heterocycles. The Hall–Kier alpha value is -2.20. The zero-order chi connectivity index (χ0) is 16.9. The van der Waals surface area contributed by atoms with E-state index in [0.717, 1.165) is 4.90 Å². The summed E-state index contributed by atoms with van der Waals surface area (Å²) in [6.45, 7) is -0.419. The van der Waals surface area contributed by atoms with Crippen molar-refractivity contribution in [3.05, 3.63) is 0 Å². The van der Waals surface area contributed by atoms with Crippen molar-refractivity contribution in [1.29, 1.82) is 0 Å². The molecule has 1 saturated heterocycles. The number of hydrogen-bond donors (Lipinski definition) is 5. The third-order valence-corrected chi connectivity index (χ3v) is 3.37. The van der Waals surface area contributed by atoms with Gasteiger partial charge in [-0.2, -0.15) is 0 Å². The maximum Gasteiger partial charge on any atom is 0.326 e. The number of aliphatic hydroxyl groups excluding tert-OH is 1. The predicted molar refractivity (Wildman–Crippen MR) is 73.2 cm³/mol. The quantitative estimate of drug-likeness (QED) is 0.327. The summed E-state index contributed by atoms with van der Waals surface area (Å²) in [6.07, 6.45) is 0.329. The van der Waals surface area contributed by atoms with E-state index in [4.69, 9.17) is 21.7 Å². The summed E-state index contributed by atoms with van der Waals surface area (Å²) in [5.41, 5.74) is 10.4. The first-order chi connectivity index (χ1) is 10.3. The highest BCUT2D eigenvalue weighted by Crippen LogP contribution is 2.19. The van der Waals surface area contributed by atoms with Crippen LogP contribution in [0.25, 0.3) is 0 Å². The Balaban J connectivity index is 2.86. The number of carbonyl (C=O) groups is 4. The summed E-state index contributed by atoms with van der Waals surface area (Å²) >= 11 is 0. The number of rotatable bonds is 7. The van der Waals surface area contributed by atoms with Gasteiger partial charge in [-0.3, -0.25) is 14.4 Å². The molecule has 0 spiro atoms. The van der Waals surface area contributed by atoms with Crippen LogP contribution in [0.2, 0.25) is 0 Å². The number of carbonyl (C=O) groups excluding carboxylic acids is 3. The molecule has 0 bridgehead atoms. The van der Waals surface area contributed by atoms with Gasteiger partial charge in [0, 0.05) is 6.54 Å². The van der Waals surface area contributed by atoms with Gasteiger partial charge >= 0.3 is 5.97 Å². The van der Waals surface area contributed by atoms with E-state index in [1.54, 1.807) is 0 Å². The number of nitrogens with one attached hydrogen (secondary N) is 1. The fourth-order valence-corrected chi connectivity index (χ4v) is 2.25. The number of carboxylic acid groups (broad SMARTS) is 1. The molecule has 3 amide bonds. The van der Waals surface area contributed by atoms with Gasteiger partial charge in [0.05, 0.1) is 13.0 Å². The number of aliphatic hydroxyl groups is 1. The highest BCUT2D eigenvalue weighted by Gasteiger charge is 2.38. The second-order valence-electron chi connectivity index (χ2n) is 5.05. The minimum Gasteiger partial charge on any atom is -0.480 e. The molecule has 10 heteroatoms. The van der Waals surface area contributed by atoms with Crippen molar-refractivity contribution in [3.8, 4) is 0 Å². The van der Waals surface area contributed by atoms with Gasteiger partial charge in [-0.1, -0.05) is 0 Å². The fraction of sp³-hybridized carbons (Fsp3) is 0.667. The van der Waals surface area contributed by atoms with Crippen molar-refractivity contribution >= 4 is 23.7 Å². The predicted octanol–water partition coefficient (Wildman–Crippen LogP) is -3.26. The third kappa shape index (κ3) is 4.40. The van der Waals surface area contributed by atoms with Gasteiger partial charge in [0.25, 0.3) is 0 Å². The number of likely N-dealkylation sites (tertiary alicyclic amines) is 1. The molecular weight excluding hydrogens is 296 g/mol. The molecule has 7 N–H and O–H groups in total. The van der Waals surface area contributed by atoms with Crippen molar-refractivity contribution in [3.63, 3.8) is 0 Å². The van der Waals surface area contributed by atoms with E-state index in [0.29, 0.717) is 12.8 Å². The molecule has 0 aromatic heterocycles. The lowest BCUT2D eigenvalue weighted by atomic mass is 10.1. The summed E-state index contributed by atoms with van der Waals surface area (Å²) in [5, 5.41) is 20.1. The zero-order valence-electron chi connectivity index (χ0n) is 11.9. The number of aliphatic carboxylic acids is 1. The molecule has 0 radical (unpaired) electrons. The Kier molecular flexibility index (Phi) is 6.25. The van der Waals surface area contributed by atoms with Crippen LogP contribution >= 0.6 is 0 Å². The van der Waals surface area contributed by atoms with Gasteiger partial charge in [-0.15, -0.1) is 0 Å². The Bertz CT molecular complexity index is 469. The molecule has 1 fully saturated rings. The van der Waals surface area contributed by atoms with Crippen molar-refractivity contribution in [2.24, 2.45) is 11.5 Å². The summed E-state index contributed by atoms with van der Waals surface area (Å²) in [4.78, 5) is 47.3. The van der Waals surface area contributed by atoms with E-state index < -0.39 is 54.8 Å². The van der Waals surface area contributed by atoms with Crippen molar-refractivity contribution in [2.75, 3.05) is 13.2 Å². The fourth-order valence-electron chi connectivity index (χ4n) is 2.25. The second-order valence-corrected chi connectivity index (χ2v) is 5.05. The lowest BCUT2D eigenvalue weighted by Crippen LogP contribution is -2.56. The minimum absolute atomic E-state index is 0.215. The molecule has 0 saturated carbocycles. The van der Waals surface area contributed by atoms with Crippen LogP contribution in [0.1, 0.15) is 19.3 Å². The highest BCUT2D eigenvalue weighted by atomic mass is 16.4. The summed E-state index contributed by atoms with van der Waals surface area (Å²) in [7, 11) is 0. The lowest BCUT2D eigenvalue weighted by Gasteiger charge is -2.27. The smallest absolute Gasteiger partial charge is 0.326 e. The van der Waals surface area contributed by atoms with Gasteiger partial charge in [-0.05, 0) is 12.8 Å². The summed E-state index contributed by atoms with van der Waals surface area (Å²) in [5.74, 6) is -3.51. The molecule has 124 valence electrons. The van der Waals surface area contributed by atoms with Gasteiger partial charge in [0.1, 0.15) is 18.1 Å². The number of hydrogen-bond acceptors (Lipinski definition) is 6. The number of carboxylic acids is 1. The molecule has 10 nitrogen and oxygen atoms in total. The van der Waals surface area contributed by atoms with E-state index >= 15 is 0 Å². The molecular formula is C12H20N4O6. The standard InChI is InChI=1S/C12H20N4O6/c13-6(5-17)10(19)15-7(4-9(14)18)11(20)16-3-1-2-8(16)12(21)22/h6-8,17H,1-5,13H2,(H2,14,18)(H,15,19)(H,21,22). The number of amides is 3. The van der Waals surface area contributed by atoms with Crippen LogP contribution in [0, 0.1) is 0 Å². The Morgan fingerprint density at radius 2 is 1.95 bits per heavy atom. The van der Waals surface area contributed by atoms with Crippen LogP contribution in [-0.2, 0) is 19.2 Å². The molecule has 22 heavy (non-hydrogen) atoms. The summed E-state index contributed by atoms with van der Waals surface area (Å²) in [6, 6.07) is -3.55.